The molecule has 0 aromatic carbocycles. The molecule has 6 nitrogen and oxygen atoms in total. The number of carboxylic acid groups (broad SMARTS) is 1. The molecule has 0 aromatic rings. The number of carbonyl (C=O) groups excluding carboxylic acids is 1. The van der Waals surface area contributed by atoms with Gasteiger partial charge in [0.05, 0.1) is 6.61 Å². The highest BCUT2D eigenvalue weighted by Crippen LogP contribution is 1.97. The first-order valence-electron chi connectivity index (χ1n) is 6.32. The van der Waals surface area contributed by atoms with E-state index in [1.54, 1.807) is 0 Å². The maximum absolute atomic E-state index is 10.4. The van der Waals surface area contributed by atoms with Crippen LogP contribution in [0.1, 0.15) is 33.6 Å². The number of carbonyl (C=O) groups is 2. The van der Waals surface area contributed by atoms with Crippen LogP contribution in [0.3, 0.4) is 0 Å². The van der Waals surface area contributed by atoms with Crippen molar-refractivity contribution >= 4 is 12.1 Å². The summed E-state index contributed by atoms with van der Waals surface area (Å²) in [6.45, 7) is 8.03. The molecule has 0 aromatic heterocycles. The monoisotopic (exact) mass is 260 g/mol. The number of nitrogens with one attached hydrogen (secondary N) is 1. The molecule has 1 atom stereocenters. The van der Waals surface area contributed by atoms with E-state index in [2.05, 4.69) is 17.0 Å². The minimum atomic E-state index is -0.812. The first-order valence-corrected chi connectivity index (χ1v) is 6.32. The van der Waals surface area contributed by atoms with Crippen LogP contribution in [0, 0.1) is 0 Å². The van der Waals surface area contributed by atoms with Gasteiger partial charge in [-0.25, -0.2) is 4.79 Å². The summed E-state index contributed by atoms with van der Waals surface area (Å²) < 4.78 is 4.64. The Labute approximate surface area is 108 Å². The van der Waals surface area contributed by atoms with E-state index < -0.39 is 6.09 Å². The predicted molar refractivity (Wildman–Crippen MR) is 68.6 cm³/mol. The van der Waals surface area contributed by atoms with E-state index in [0.717, 1.165) is 19.4 Å². The predicted octanol–water partition coefficient (Wildman–Crippen LogP) is 1.31. The van der Waals surface area contributed by atoms with Gasteiger partial charge < -0.3 is 20.1 Å². The van der Waals surface area contributed by atoms with E-state index in [1.165, 1.54) is 11.8 Å². The highest BCUT2D eigenvalue weighted by Gasteiger charge is 2.18. The Morgan fingerprint density at radius 1 is 1.50 bits per heavy atom. The molecule has 1 aliphatic rings. The van der Waals surface area contributed by atoms with Crippen molar-refractivity contribution in [3.63, 3.8) is 0 Å². The largest absolute Gasteiger partial charge is 0.466 e. The van der Waals surface area contributed by atoms with Crippen LogP contribution in [0.15, 0.2) is 0 Å². The second-order valence-electron chi connectivity index (χ2n) is 4.28. The summed E-state index contributed by atoms with van der Waals surface area (Å²) in [5.41, 5.74) is 0. The minimum absolute atomic E-state index is 0.182. The van der Waals surface area contributed by atoms with Crippen LogP contribution < -0.4 is 5.32 Å². The van der Waals surface area contributed by atoms with Gasteiger partial charge in [-0.3, -0.25) is 4.79 Å². The van der Waals surface area contributed by atoms with Crippen molar-refractivity contribution in [2.45, 2.75) is 39.7 Å². The summed E-state index contributed by atoms with van der Waals surface area (Å²) in [5.74, 6) is -0.182. The third-order valence-corrected chi connectivity index (χ3v) is 2.44. The molecule has 1 amide bonds. The van der Waals surface area contributed by atoms with Gasteiger partial charge in [-0.15, -0.1) is 0 Å². The molecule has 1 rings (SSSR count). The highest BCUT2D eigenvalue weighted by atomic mass is 16.5. The zero-order chi connectivity index (χ0) is 14.0. The van der Waals surface area contributed by atoms with E-state index in [4.69, 9.17) is 5.11 Å². The summed E-state index contributed by atoms with van der Waals surface area (Å²) in [5, 5.41) is 11.7. The van der Waals surface area contributed by atoms with Crippen molar-refractivity contribution in [1.82, 2.24) is 10.2 Å². The van der Waals surface area contributed by atoms with E-state index in [9.17, 15) is 9.59 Å². The Hall–Kier alpha value is -1.30. The number of esters is 1. The van der Waals surface area contributed by atoms with Crippen molar-refractivity contribution in [2.75, 3.05) is 26.2 Å². The molecule has 106 valence electrons. The number of nitrogens with zero attached hydrogens (tertiary/aromatic N) is 1. The lowest BCUT2D eigenvalue weighted by Gasteiger charge is -2.29. The Bertz CT molecular complexity index is 258. The number of amides is 1. The van der Waals surface area contributed by atoms with Crippen molar-refractivity contribution < 1.29 is 19.4 Å². The average molecular weight is 260 g/mol. The smallest absolute Gasteiger partial charge is 0.407 e. The molecule has 0 spiro atoms. The second kappa shape index (κ2) is 9.70. The Kier molecular flexibility index (Phi) is 9.00. The molecular weight excluding hydrogens is 236 g/mol. The van der Waals surface area contributed by atoms with Gasteiger partial charge >= 0.3 is 12.1 Å². The van der Waals surface area contributed by atoms with Crippen LogP contribution in [0.4, 0.5) is 4.79 Å². The SMILES string of the molecule is CCCCOC(C)=O.C[C@H]1CN(C(=O)O)CCN1. The van der Waals surface area contributed by atoms with E-state index >= 15 is 0 Å². The average Bonchev–Trinajstić information content (AvgIpc) is 2.30. The summed E-state index contributed by atoms with van der Waals surface area (Å²) in [6.07, 6.45) is 1.24. The van der Waals surface area contributed by atoms with Crippen LogP contribution in [0.2, 0.25) is 0 Å². The summed E-state index contributed by atoms with van der Waals surface area (Å²) in [7, 11) is 0. The number of hydrogen-bond acceptors (Lipinski definition) is 4. The van der Waals surface area contributed by atoms with Gasteiger partial charge in [-0.2, -0.15) is 0 Å². The van der Waals surface area contributed by atoms with Crippen LogP contribution in [-0.4, -0.2) is 54.4 Å². The maximum Gasteiger partial charge on any atom is 0.407 e. The van der Waals surface area contributed by atoms with Crippen molar-refractivity contribution in [1.29, 1.82) is 0 Å². The van der Waals surface area contributed by atoms with Gasteiger partial charge in [0.15, 0.2) is 0 Å². The molecule has 1 saturated heterocycles. The molecule has 2 N–H and O–H groups in total. The fourth-order valence-corrected chi connectivity index (χ4v) is 1.47. The molecule has 0 saturated carbocycles. The second-order valence-corrected chi connectivity index (χ2v) is 4.28. The van der Waals surface area contributed by atoms with Crippen LogP contribution in [0.5, 0.6) is 0 Å². The zero-order valence-electron chi connectivity index (χ0n) is 11.4. The van der Waals surface area contributed by atoms with Crippen LogP contribution in [-0.2, 0) is 9.53 Å². The van der Waals surface area contributed by atoms with Crippen molar-refractivity contribution in [3.05, 3.63) is 0 Å². The first kappa shape index (κ1) is 16.7. The standard InChI is InChI=1S/C6H12N2O2.C6H12O2/c1-5-4-8(6(9)10)3-2-7-5;1-3-4-5-8-6(2)7/h5,7H,2-4H2,1H3,(H,9,10);3-5H2,1-2H3/t5-;/m0./s1. The molecule has 1 heterocycles. The van der Waals surface area contributed by atoms with E-state index in [-0.39, 0.29) is 5.97 Å². The van der Waals surface area contributed by atoms with Crippen LogP contribution >= 0.6 is 0 Å². The zero-order valence-corrected chi connectivity index (χ0v) is 11.4. The molecule has 18 heavy (non-hydrogen) atoms. The number of unbranched alkanes of at least 4 members (excludes halogenated alkanes) is 1. The van der Waals surface area contributed by atoms with Gasteiger partial charge in [0.25, 0.3) is 0 Å². The minimum Gasteiger partial charge on any atom is -0.466 e. The molecule has 6 heteroatoms. The quantitative estimate of drug-likeness (QED) is 0.591. The van der Waals surface area contributed by atoms with Gasteiger partial charge in [0.2, 0.25) is 0 Å². The normalized spacial score (nSPS) is 18.6. The maximum atomic E-state index is 10.4. The number of hydrogen-bond donors (Lipinski definition) is 2. The van der Waals surface area contributed by atoms with Crippen LogP contribution in [0.25, 0.3) is 0 Å². The van der Waals surface area contributed by atoms with Crippen molar-refractivity contribution in [2.24, 2.45) is 0 Å². The lowest BCUT2D eigenvalue weighted by molar-refractivity contribution is -0.141. The number of rotatable bonds is 3. The molecule has 0 aliphatic carbocycles. The lowest BCUT2D eigenvalue weighted by Crippen LogP contribution is -2.50. The third-order valence-electron chi connectivity index (χ3n) is 2.44. The molecule has 1 fully saturated rings. The molecule has 1 aliphatic heterocycles. The van der Waals surface area contributed by atoms with Gasteiger partial charge in [0, 0.05) is 32.6 Å². The number of ether oxygens (including phenoxy) is 1. The Morgan fingerprint density at radius 2 is 2.17 bits per heavy atom. The Morgan fingerprint density at radius 3 is 2.56 bits per heavy atom. The first-order chi connectivity index (χ1) is 8.47. The fraction of sp³-hybridized carbons (Fsp3) is 0.833. The number of piperazine rings is 1. The molecular formula is C12H24N2O4. The highest BCUT2D eigenvalue weighted by molar-refractivity contribution is 5.65. The molecule has 0 unspecified atom stereocenters. The van der Waals surface area contributed by atoms with Gasteiger partial charge in [-0.1, -0.05) is 13.3 Å². The van der Waals surface area contributed by atoms with Crippen molar-refractivity contribution in [3.8, 4) is 0 Å². The molecule has 0 bridgehead atoms. The third kappa shape index (κ3) is 8.81. The summed E-state index contributed by atoms with van der Waals surface area (Å²) in [4.78, 5) is 21.9. The van der Waals surface area contributed by atoms with E-state index in [0.29, 0.717) is 25.7 Å². The topological polar surface area (TPSA) is 78.9 Å². The Balaban J connectivity index is 0.000000331. The summed E-state index contributed by atoms with van der Waals surface area (Å²) >= 11 is 0. The fourth-order valence-electron chi connectivity index (χ4n) is 1.47. The van der Waals surface area contributed by atoms with Gasteiger partial charge in [-0.05, 0) is 13.3 Å². The lowest BCUT2D eigenvalue weighted by atomic mass is 10.2. The van der Waals surface area contributed by atoms with E-state index in [1.807, 2.05) is 6.92 Å². The molecule has 0 radical (unpaired) electrons. The van der Waals surface area contributed by atoms with Gasteiger partial charge in [0.1, 0.15) is 0 Å². The summed E-state index contributed by atoms with van der Waals surface area (Å²) in [6, 6.07) is 0.296.